The molecule has 2 rings (SSSR count). The predicted molar refractivity (Wildman–Crippen MR) is 96.3 cm³/mol. The second-order valence-corrected chi connectivity index (χ2v) is 8.14. The Bertz CT molecular complexity index is 557. The van der Waals surface area contributed by atoms with Gasteiger partial charge in [-0.25, -0.2) is 10.4 Å². The number of methoxy groups -OCH3 is 1. The third kappa shape index (κ3) is 5.14. The molecule has 8 nitrogen and oxygen atoms in total. The van der Waals surface area contributed by atoms with E-state index in [1.165, 1.54) is 14.0 Å². The second-order valence-electron chi connectivity index (χ2n) is 5.88. The summed E-state index contributed by atoms with van der Waals surface area (Å²) in [7, 11) is 1.31. The van der Waals surface area contributed by atoms with Gasteiger partial charge in [0, 0.05) is 54.3 Å². The quantitative estimate of drug-likeness (QED) is 0.208. The lowest BCUT2D eigenvalue weighted by Crippen LogP contribution is -2.54. The molecular weight excluding hydrogens is 449 g/mol. The Labute approximate surface area is 157 Å². The zero-order valence-corrected chi connectivity index (χ0v) is 16.4. The monoisotopic (exact) mass is 469 g/mol. The van der Waals surface area contributed by atoms with Crippen LogP contribution in [-0.2, 0) is 23.9 Å². The van der Waals surface area contributed by atoms with Crippen molar-refractivity contribution in [1.82, 2.24) is 15.8 Å². The predicted octanol–water partition coefficient (Wildman–Crippen LogP) is -0.146. The smallest absolute Gasteiger partial charge is 0.305 e. The van der Waals surface area contributed by atoms with E-state index in [9.17, 15) is 19.2 Å². The van der Waals surface area contributed by atoms with Gasteiger partial charge in [-0.3, -0.25) is 19.2 Å². The van der Waals surface area contributed by atoms with Gasteiger partial charge in [0.05, 0.1) is 13.5 Å². The van der Waals surface area contributed by atoms with Crippen LogP contribution in [0, 0.1) is 5.92 Å². The summed E-state index contributed by atoms with van der Waals surface area (Å²) in [5.41, 5.74) is 2.28. The number of hydrogen-bond acceptors (Lipinski definition) is 8. The fourth-order valence-electron chi connectivity index (χ4n) is 2.42. The average molecular weight is 469 g/mol. The summed E-state index contributed by atoms with van der Waals surface area (Å²) in [5.74, 6) is -0.654. The van der Waals surface area contributed by atoms with Crippen LogP contribution in [0.1, 0.15) is 19.8 Å². The number of nitrogens with one attached hydrogen (secondary N) is 2. The molecule has 24 heavy (non-hydrogen) atoms. The van der Waals surface area contributed by atoms with E-state index in [1.807, 2.05) is 5.01 Å². The maximum atomic E-state index is 12.7. The number of hydrogen-bond donors (Lipinski definition) is 2. The number of esters is 1. The van der Waals surface area contributed by atoms with Crippen LogP contribution in [0.15, 0.2) is 0 Å². The standard InChI is InChI=1S/C14H20IN3O5S/c1-8(19)24-7-10(12(15)21)16-13(22)14(17-18-3-4-18)6-9(14)5-11(20)23-2/h9-10,17H,3-7H2,1-2H3,(H,16,22)/t9?,10-,14+/m0/s1. The van der Waals surface area contributed by atoms with E-state index in [4.69, 9.17) is 0 Å². The van der Waals surface area contributed by atoms with Gasteiger partial charge in [0.15, 0.2) is 5.12 Å². The molecule has 3 atom stereocenters. The summed E-state index contributed by atoms with van der Waals surface area (Å²) < 4.78 is 4.44. The lowest BCUT2D eigenvalue weighted by molar-refractivity contribution is -0.141. The molecule has 10 heteroatoms. The second kappa shape index (κ2) is 8.11. The summed E-state index contributed by atoms with van der Waals surface area (Å²) in [6, 6.07) is -0.737. The molecule has 1 heterocycles. The molecular formula is C14H20IN3O5S. The summed E-state index contributed by atoms with van der Waals surface area (Å²) in [6.07, 6.45) is 0.655. The highest BCUT2D eigenvalue weighted by atomic mass is 127. The first-order chi connectivity index (χ1) is 11.3. The number of hydrazine groups is 1. The van der Waals surface area contributed by atoms with Crippen LogP contribution in [0.5, 0.6) is 0 Å². The highest BCUT2D eigenvalue weighted by Crippen LogP contribution is 2.47. The van der Waals surface area contributed by atoms with Crippen molar-refractivity contribution in [2.24, 2.45) is 5.92 Å². The third-order valence-electron chi connectivity index (χ3n) is 3.99. The Kier molecular flexibility index (Phi) is 6.62. The Hall–Kier alpha value is -0.720. The molecule has 1 saturated heterocycles. The van der Waals surface area contributed by atoms with E-state index < -0.39 is 11.6 Å². The van der Waals surface area contributed by atoms with Crippen LogP contribution in [0.25, 0.3) is 0 Å². The Morgan fingerprint density at radius 1 is 1.38 bits per heavy atom. The van der Waals surface area contributed by atoms with E-state index in [2.05, 4.69) is 15.5 Å². The Morgan fingerprint density at radius 2 is 2.04 bits per heavy atom. The molecule has 1 amide bonds. The van der Waals surface area contributed by atoms with Crippen molar-refractivity contribution < 1.29 is 23.9 Å². The zero-order valence-electron chi connectivity index (χ0n) is 13.5. The number of nitrogens with zero attached hydrogens (tertiary/aromatic N) is 1. The summed E-state index contributed by atoms with van der Waals surface area (Å²) in [4.78, 5) is 47.0. The van der Waals surface area contributed by atoms with Gasteiger partial charge >= 0.3 is 5.97 Å². The zero-order chi connectivity index (χ0) is 17.9. The summed E-state index contributed by atoms with van der Waals surface area (Å²) in [5, 5.41) is 4.50. The van der Waals surface area contributed by atoms with E-state index in [-0.39, 0.29) is 38.9 Å². The fourth-order valence-corrected chi connectivity index (χ4v) is 3.73. The van der Waals surface area contributed by atoms with Crippen LogP contribution >= 0.6 is 34.4 Å². The normalized spacial score (nSPS) is 26.4. The van der Waals surface area contributed by atoms with Crippen molar-refractivity contribution in [2.75, 3.05) is 26.0 Å². The molecule has 1 saturated carbocycles. The fraction of sp³-hybridized carbons (Fsp3) is 0.714. The van der Waals surface area contributed by atoms with Crippen molar-refractivity contribution in [1.29, 1.82) is 0 Å². The van der Waals surface area contributed by atoms with Crippen LogP contribution in [0.3, 0.4) is 0 Å². The molecule has 1 aliphatic carbocycles. The number of thioether (sulfide) groups is 1. The Morgan fingerprint density at radius 3 is 2.54 bits per heavy atom. The molecule has 0 bridgehead atoms. The number of rotatable bonds is 9. The Balaban J connectivity index is 2.00. The van der Waals surface area contributed by atoms with Crippen LogP contribution < -0.4 is 10.7 Å². The van der Waals surface area contributed by atoms with E-state index in [0.29, 0.717) is 6.42 Å². The number of carbonyl (C=O) groups is 4. The first-order valence-corrected chi connectivity index (χ1v) is 9.58. The van der Waals surface area contributed by atoms with Crippen LogP contribution in [-0.4, -0.2) is 63.3 Å². The first-order valence-electron chi connectivity index (χ1n) is 7.51. The van der Waals surface area contributed by atoms with Crippen molar-refractivity contribution >= 4 is 55.1 Å². The molecule has 0 aromatic carbocycles. The van der Waals surface area contributed by atoms with E-state index >= 15 is 0 Å². The van der Waals surface area contributed by atoms with Gasteiger partial charge in [0.1, 0.15) is 11.6 Å². The largest absolute Gasteiger partial charge is 0.469 e. The molecule has 1 unspecified atom stereocenters. The van der Waals surface area contributed by atoms with Crippen molar-refractivity contribution in [3.63, 3.8) is 0 Å². The van der Waals surface area contributed by atoms with Gasteiger partial charge in [0.25, 0.3) is 0 Å². The molecule has 0 radical (unpaired) electrons. The van der Waals surface area contributed by atoms with Crippen molar-refractivity contribution in [2.45, 2.75) is 31.3 Å². The van der Waals surface area contributed by atoms with E-state index in [1.54, 1.807) is 22.6 Å². The topological polar surface area (TPSA) is 105 Å². The number of ether oxygens (including phenoxy) is 1. The molecule has 1 aliphatic heterocycles. The molecule has 134 valence electrons. The molecule has 2 N–H and O–H groups in total. The highest BCUT2D eigenvalue weighted by molar-refractivity contribution is 14.1. The van der Waals surface area contributed by atoms with Crippen LogP contribution in [0.2, 0.25) is 0 Å². The van der Waals surface area contributed by atoms with Gasteiger partial charge in [-0.15, -0.1) is 0 Å². The molecule has 0 aromatic rings. The minimum atomic E-state index is -0.879. The molecule has 0 spiro atoms. The highest BCUT2D eigenvalue weighted by Gasteiger charge is 2.62. The molecule has 2 fully saturated rings. The van der Waals surface area contributed by atoms with Crippen molar-refractivity contribution in [3.8, 4) is 0 Å². The van der Waals surface area contributed by atoms with E-state index in [0.717, 1.165) is 24.9 Å². The van der Waals surface area contributed by atoms with Crippen LogP contribution in [0.4, 0.5) is 0 Å². The third-order valence-corrected chi connectivity index (χ3v) is 5.65. The number of carbonyl (C=O) groups excluding carboxylic acids is 4. The minimum absolute atomic E-state index is 0.112. The SMILES string of the molecule is COC(=O)CC1C[C@]1(NN1CC1)C(=O)N[C@@H](CSC(C)=O)C(=O)I. The summed E-state index contributed by atoms with van der Waals surface area (Å²) in [6.45, 7) is 3.10. The lowest BCUT2D eigenvalue weighted by atomic mass is 10.1. The maximum Gasteiger partial charge on any atom is 0.305 e. The minimum Gasteiger partial charge on any atom is -0.469 e. The van der Waals surface area contributed by atoms with Gasteiger partial charge in [-0.05, 0) is 6.42 Å². The average Bonchev–Trinajstić information content (AvgIpc) is 3.42. The van der Waals surface area contributed by atoms with Gasteiger partial charge in [-0.1, -0.05) is 11.8 Å². The maximum absolute atomic E-state index is 12.7. The van der Waals surface area contributed by atoms with Gasteiger partial charge in [-0.2, -0.15) is 0 Å². The number of halogens is 1. The summed E-state index contributed by atoms with van der Waals surface area (Å²) >= 11 is 2.62. The lowest BCUT2D eigenvalue weighted by Gasteiger charge is -2.22. The van der Waals surface area contributed by atoms with Gasteiger partial charge < -0.3 is 10.1 Å². The molecule has 0 aromatic heterocycles. The van der Waals surface area contributed by atoms with Crippen molar-refractivity contribution in [3.05, 3.63) is 0 Å². The number of amides is 1. The van der Waals surface area contributed by atoms with Gasteiger partial charge in [0.2, 0.25) is 9.70 Å². The first kappa shape index (κ1) is 19.6. The molecule has 2 aliphatic rings.